The SMILES string of the molecule is Cc1cc(C)cc(OCCSCC(=O)Nc2ccc(C#N)cc2)c1. The molecule has 1 N–H and O–H groups in total. The Morgan fingerprint density at radius 1 is 1.17 bits per heavy atom. The number of anilines is 1. The summed E-state index contributed by atoms with van der Waals surface area (Å²) >= 11 is 1.53. The number of aryl methyl sites for hydroxylation is 2. The number of nitriles is 1. The van der Waals surface area contributed by atoms with Gasteiger partial charge in [-0.1, -0.05) is 6.07 Å². The fourth-order valence-electron chi connectivity index (χ4n) is 2.22. The fraction of sp³-hybridized carbons (Fsp3) is 0.263. The second-order valence-corrected chi connectivity index (χ2v) is 6.57. The van der Waals surface area contributed by atoms with E-state index in [1.54, 1.807) is 24.3 Å². The molecule has 1 amide bonds. The minimum Gasteiger partial charge on any atom is -0.493 e. The van der Waals surface area contributed by atoms with Crippen molar-refractivity contribution < 1.29 is 9.53 Å². The Kier molecular flexibility index (Phi) is 6.71. The largest absolute Gasteiger partial charge is 0.493 e. The summed E-state index contributed by atoms with van der Waals surface area (Å²) in [4.78, 5) is 11.9. The molecule has 24 heavy (non-hydrogen) atoms. The average Bonchev–Trinajstić information content (AvgIpc) is 2.54. The third kappa shape index (κ3) is 5.98. The first-order valence-electron chi connectivity index (χ1n) is 7.65. The van der Waals surface area contributed by atoms with Crippen molar-refractivity contribution in [2.24, 2.45) is 0 Å². The van der Waals surface area contributed by atoms with E-state index in [0.29, 0.717) is 23.6 Å². The smallest absolute Gasteiger partial charge is 0.234 e. The molecular formula is C19H20N2O2S. The van der Waals surface area contributed by atoms with E-state index in [2.05, 4.69) is 11.4 Å². The van der Waals surface area contributed by atoms with Crippen molar-refractivity contribution in [1.29, 1.82) is 5.26 Å². The molecule has 0 aliphatic heterocycles. The molecule has 0 heterocycles. The van der Waals surface area contributed by atoms with Gasteiger partial charge in [0.1, 0.15) is 5.75 Å². The molecule has 2 aromatic rings. The van der Waals surface area contributed by atoms with Crippen LogP contribution in [0.15, 0.2) is 42.5 Å². The summed E-state index contributed by atoms with van der Waals surface area (Å²) in [5.74, 6) is 1.93. The summed E-state index contributed by atoms with van der Waals surface area (Å²) in [7, 11) is 0. The van der Waals surface area contributed by atoms with Crippen LogP contribution in [-0.4, -0.2) is 24.0 Å². The zero-order valence-electron chi connectivity index (χ0n) is 13.8. The first-order valence-corrected chi connectivity index (χ1v) is 8.81. The molecule has 0 aromatic heterocycles. The summed E-state index contributed by atoms with van der Waals surface area (Å²) < 4.78 is 5.71. The van der Waals surface area contributed by atoms with Gasteiger partial charge in [0.15, 0.2) is 0 Å². The van der Waals surface area contributed by atoms with E-state index in [0.717, 1.165) is 11.5 Å². The van der Waals surface area contributed by atoms with Crippen molar-refractivity contribution in [1.82, 2.24) is 0 Å². The van der Waals surface area contributed by atoms with Crippen LogP contribution in [0.4, 0.5) is 5.69 Å². The van der Waals surface area contributed by atoms with Crippen LogP contribution in [0, 0.1) is 25.2 Å². The molecule has 2 rings (SSSR count). The second kappa shape index (κ2) is 8.99. The fourth-order valence-corrected chi connectivity index (χ4v) is 2.83. The normalized spacial score (nSPS) is 10.0. The summed E-state index contributed by atoms with van der Waals surface area (Å²) in [6.07, 6.45) is 0. The lowest BCUT2D eigenvalue weighted by atomic mass is 10.1. The zero-order chi connectivity index (χ0) is 17.4. The van der Waals surface area contributed by atoms with Gasteiger partial charge in [0.05, 0.1) is 24.0 Å². The minimum absolute atomic E-state index is 0.0592. The number of hydrogen-bond donors (Lipinski definition) is 1. The zero-order valence-corrected chi connectivity index (χ0v) is 14.7. The summed E-state index contributed by atoms with van der Waals surface area (Å²) in [6.45, 7) is 4.65. The van der Waals surface area contributed by atoms with Crippen molar-refractivity contribution in [2.45, 2.75) is 13.8 Å². The maximum absolute atomic E-state index is 11.9. The van der Waals surface area contributed by atoms with Crippen LogP contribution < -0.4 is 10.1 Å². The van der Waals surface area contributed by atoms with Gasteiger partial charge in [-0.25, -0.2) is 0 Å². The molecule has 5 heteroatoms. The molecule has 0 spiro atoms. The number of nitrogens with one attached hydrogen (secondary N) is 1. The maximum Gasteiger partial charge on any atom is 0.234 e. The van der Waals surface area contributed by atoms with E-state index in [1.165, 1.54) is 22.9 Å². The van der Waals surface area contributed by atoms with E-state index in [4.69, 9.17) is 10.00 Å². The van der Waals surface area contributed by atoms with Gasteiger partial charge in [-0.2, -0.15) is 5.26 Å². The van der Waals surface area contributed by atoms with E-state index in [1.807, 2.05) is 32.0 Å². The van der Waals surface area contributed by atoms with Crippen molar-refractivity contribution in [3.63, 3.8) is 0 Å². The first kappa shape index (κ1) is 17.9. The number of nitrogens with zero attached hydrogens (tertiary/aromatic N) is 1. The Bertz CT molecular complexity index is 716. The highest BCUT2D eigenvalue weighted by atomic mass is 32.2. The minimum atomic E-state index is -0.0592. The van der Waals surface area contributed by atoms with Crippen LogP contribution in [0.5, 0.6) is 5.75 Å². The van der Waals surface area contributed by atoms with Gasteiger partial charge >= 0.3 is 0 Å². The molecule has 0 saturated heterocycles. The van der Waals surface area contributed by atoms with E-state index >= 15 is 0 Å². The Morgan fingerprint density at radius 3 is 2.46 bits per heavy atom. The second-order valence-electron chi connectivity index (χ2n) is 5.46. The number of thioether (sulfide) groups is 1. The predicted molar refractivity (Wildman–Crippen MR) is 98.5 cm³/mol. The summed E-state index contributed by atoms with van der Waals surface area (Å²) in [5.41, 5.74) is 3.64. The number of hydrogen-bond acceptors (Lipinski definition) is 4. The van der Waals surface area contributed by atoms with Crippen LogP contribution in [0.1, 0.15) is 16.7 Å². The van der Waals surface area contributed by atoms with Gasteiger partial charge in [0.25, 0.3) is 0 Å². The molecule has 0 aliphatic rings. The lowest BCUT2D eigenvalue weighted by Crippen LogP contribution is -2.15. The molecule has 124 valence electrons. The highest BCUT2D eigenvalue weighted by Gasteiger charge is 2.03. The third-order valence-electron chi connectivity index (χ3n) is 3.22. The van der Waals surface area contributed by atoms with Gasteiger partial charge in [-0.15, -0.1) is 11.8 Å². The Balaban J connectivity index is 1.66. The predicted octanol–water partition coefficient (Wildman–Crippen LogP) is 3.93. The standard InChI is InChI=1S/C19H20N2O2S/c1-14-9-15(2)11-18(10-14)23-7-8-24-13-19(22)21-17-5-3-16(12-20)4-6-17/h3-6,9-11H,7-8,13H2,1-2H3,(H,21,22). The molecule has 0 aliphatic carbocycles. The Hall–Kier alpha value is -2.45. The monoisotopic (exact) mass is 340 g/mol. The van der Waals surface area contributed by atoms with Crippen molar-refractivity contribution in [3.05, 3.63) is 59.2 Å². The quantitative estimate of drug-likeness (QED) is 0.776. The summed E-state index contributed by atoms with van der Waals surface area (Å²) in [5, 5.41) is 11.5. The number of ether oxygens (including phenoxy) is 1. The van der Waals surface area contributed by atoms with Crippen molar-refractivity contribution in [2.75, 3.05) is 23.4 Å². The van der Waals surface area contributed by atoms with E-state index in [9.17, 15) is 4.79 Å². The highest BCUT2D eigenvalue weighted by Crippen LogP contribution is 2.16. The van der Waals surface area contributed by atoms with Gasteiger partial charge in [-0.3, -0.25) is 4.79 Å². The number of benzene rings is 2. The molecule has 0 atom stereocenters. The molecule has 2 aromatic carbocycles. The molecule has 0 fully saturated rings. The average molecular weight is 340 g/mol. The van der Waals surface area contributed by atoms with Crippen LogP contribution in [0.3, 0.4) is 0 Å². The molecule has 0 unspecified atom stereocenters. The van der Waals surface area contributed by atoms with Gasteiger partial charge < -0.3 is 10.1 Å². The number of rotatable bonds is 7. The van der Waals surface area contributed by atoms with Crippen molar-refractivity contribution >= 4 is 23.4 Å². The third-order valence-corrected chi connectivity index (χ3v) is 4.14. The molecule has 4 nitrogen and oxygen atoms in total. The Labute approximate surface area is 146 Å². The number of amides is 1. The van der Waals surface area contributed by atoms with Crippen LogP contribution in [0.25, 0.3) is 0 Å². The maximum atomic E-state index is 11.9. The highest BCUT2D eigenvalue weighted by molar-refractivity contribution is 7.99. The van der Waals surface area contributed by atoms with E-state index in [-0.39, 0.29) is 5.91 Å². The topological polar surface area (TPSA) is 62.1 Å². The molecule has 0 radical (unpaired) electrons. The van der Waals surface area contributed by atoms with Gasteiger partial charge in [-0.05, 0) is 61.4 Å². The van der Waals surface area contributed by atoms with Crippen LogP contribution in [0.2, 0.25) is 0 Å². The number of carbonyl (C=O) groups is 1. The summed E-state index contributed by atoms with van der Waals surface area (Å²) in [6, 6.07) is 15.0. The number of carbonyl (C=O) groups excluding carboxylic acids is 1. The van der Waals surface area contributed by atoms with Gasteiger partial charge in [0.2, 0.25) is 5.91 Å². The lowest BCUT2D eigenvalue weighted by Gasteiger charge is -2.08. The van der Waals surface area contributed by atoms with Crippen LogP contribution in [-0.2, 0) is 4.79 Å². The molecule has 0 bridgehead atoms. The van der Waals surface area contributed by atoms with E-state index < -0.39 is 0 Å². The molecular weight excluding hydrogens is 320 g/mol. The van der Waals surface area contributed by atoms with Crippen LogP contribution >= 0.6 is 11.8 Å². The first-order chi connectivity index (χ1) is 11.6. The van der Waals surface area contributed by atoms with Crippen molar-refractivity contribution in [3.8, 4) is 11.8 Å². The molecule has 0 saturated carbocycles. The Morgan fingerprint density at radius 2 is 1.83 bits per heavy atom. The lowest BCUT2D eigenvalue weighted by molar-refractivity contribution is -0.113. The van der Waals surface area contributed by atoms with Gasteiger partial charge in [0, 0.05) is 11.4 Å².